The number of carboxylic acids is 2. The first-order valence-corrected chi connectivity index (χ1v) is 9.91. The third-order valence-electron chi connectivity index (χ3n) is 4.56. The minimum atomic E-state index is -1.26. The number of rotatable bonds is 6. The molecule has 7 nitrogen and oxygen atoms in total. The van der Waals surface area contributed by atoms with E-state index in [1.807, 2.05) is 17.9 Å². The normalized spacial score (nSPS) is 18.4. The minimum absolute atomic E-state index is 0.132. The summed E-state index contributed by atoms with van der Waals surface area (Å²) in [6, 6.07) is 6.02. The van der Waals surface area contributed by atoms with Crippen molar-refractivity contribution in [1.82, 2.24) is 4.90 Å². The first kappa shape index (κ1) is 24.9. The molecular weight excluding hydrogens is 419 g/mol. The average molecular weight is 445 g/mol. The smallest absolute Gasteiger partial charge is 0.328 e. The SMILES string of the molecule is CCC(=O)N(c1ccc(Cl)c(Cl)c1)[C@H]1CCC[C@@H]1N(C)C.O=C(O)/C=C\C(=O)O. The van der Waals surface area contributed by atoms with Crippen molar-refractivity contribution < 1.29 is 24.6 Å². The number of halogens is 2. The van der Waals surface area contributed by atoms with Crippen LogP contribution in [0.2, 0.25) is 10.0 Å². The van der Waals surface area contributed by atoms with Crippen LogP contribution in [0.15, 0.2) is 30.4 Å². The van der Waals surface area contributed by atoms with E-state index >= 15 is 0 Å². The zero-order valence-electron chi connectivity index (χ0n) is 16.6. The van der Waals surface area contributed by atoms with Crippen LogP contribution in [0.4, 0.5) is 5.69 Å². The molecule has 2 N–H and O–H groups in total. The highest BCUT2D eigenvalue weighted by Crippen LogP contribution is 2.34. The van der Waals surface area contributed by atoms with Gasteiger partial charge >= 0.3 is 11.9 Å². The second-order valence-corrected chi connectivity index (χ2v) is 7.57. The summed E-state index contributed by atoms with van der Waals surface area (Å²) >= 11 is 12.1. The lowest BCUT2D eigenvalue weighted by Gasteiger charge is -2.36. The molecule has 1 fully saturated rings. The van der Waals surface area contributed by atoms with Crippen molar-refractivity contribution in [2.75, 3.05) is 19.0 Å². The van der Waals surface area contributed by atoms with E-state index < -0.39 is 11.9 Å². The Balaban J connectivity index is 0.000000447. The number of anilines is 1. The number of hydrogen-bond acceptors (Lipinski definition) is 4. The standard InChI is InChI=1S/C16H22Cl2N2O.C4H4O4/c1-4-16(21)20(11-8-9-12(17)13(18)10-11)15-7-5-6-14(15)19(2)3;5-3(6)1-2-4(7)8/h8-10,14-15H,4-7H2,1-3H3;1-2H,(H,5,6)(H,7,8)/b;2-1-/t14-,15-;/m0./s1. The van der Waals surface area contributed by atoms with E-state index in [1.165, 1.54) is 0 Å². The van der Waals surface area contributed by atoms with Crippen LogP contribution >= 0.6 is 23.2 Å². The zero-order chi connectivity index (χ0) is 22.1. The number of carbonyl (C=O) groups excluding carboxylic acids is 1. The highest BCUT2D eigenvalue weighted by atomic mass is 35.5. The Bertz CT molecular complexity index is 751. The van der Waals surface area contributed by atoms with Crippen molar-refractivity contribution in [1.29, 1.82) is 0 Å². The zero-order valence-corrected chi connectivity index (χ0v) is 18.2. The maximum absolute atomic E-state index is 12.5. The lowest BCUT2D eigenvalue weighted by atomic mass is 10.1. The highest BCUT2D eigenvalue weighted by Gasteiger charge is 2.36. The van der Waals surface area contributed by atoms with Gasteiger partial charge in [0, 0.05) is 30.3 Å². The molecule has 0 spiro atoms. The predicted molar refractivity (Wildman–Crippen MR) is 114 cm³/mol. The average Bonchev–Trinajstić information content (AvgIpc) is 3.13. The molecule has 0 unspecified atom stereocenters. The molecule has 160 valence electrons. The van der Waals surface area contributed by atoms with Gasteiger partial charge in [-0.15, -0.1) is 0 Å². The molecule has 2 rings (SSSR count). The van der Waals surface area contributed by atoms with Crippen molar-refractivity contribution in [2.24, 2.45) is 0 Å². The Morgan fingerprint density at radius 3 is 2.03 bits per heavy atom. The Morgan fingerprint density at radius 1 is 1.03 bits per heavy atom. The summed E-state index contributed by atoms with van der Waals surface area (Å²) in [6.45, 7) is 1.90. The quantitative estimate of drug-likeness (QED) is 0.644. The molecule has 0 heterocycles. The summed E-state index contributed by atoms with van der Waals surface area (Å²) in [4.78, 5) is 35.7. The molecule has 0 aromatic heterocycles. The molecule has 0 aliphatic heterocycles. The molecular formula is C20H26Cl2N2O5. The van der Waals surface area contributed by atoms with E-state index in [1.54, 1.807) is 12.1 Å². The number of nitrogens with zero attached hydrogens (tertiary/aromatic N) is 2. The molecule has 1 aliphatic carbocycles. The number of carbonyl (C=O) groups is 3. The minimum Gasteiger partial charge on any atom is -0.478 e. The molecule has 1 saturated carbocycles. The number of aliphatic carboxylic acids is 2. The van der Waals surface area contributed by atoms with Crippen molar-refractivity contribution in [2.45, 2.75) is 44.7 Å². The van der Waals surface area contributed by atoms with Crippen molar-refractivity contribution in [3.8, 4) is 0 Å². The van der Waals surface area contributed by atoms with Gasteiger partial charge in [-0.05, 0) is 51.6 Å². The molecule has 0 saturated heterocycles. The Hall–Kier alpha value is -2.09. The van der Waals surface area contributed by atoms with Crippen molar-refractivity contribution >= 4 is 46.7 Å². The number of likely N-dealkylation sites (N-methyl/N-ethyl adjacent to an activating group) is 1. The Morgan fingerprint density at radius 2 is 1.59 bits per heavy atom. The van der Waals surface area contributed by atoms with E-state index in [4.69, 9.17) is 33.4 Å². The Kier molecular flexibility index (Phi) is 10.2. The van der Waals surface area contributed by atoms with Crippen LogP contribution in [0.5, 0.6) is 0 Å². The lowest BCUT2D eigenvalue weighted by Crippen LogP contribution is -2.49. The molecule has 1 aromatic carbocycles. The van der Waals surface area contributed by atoms with Gasteiger partial charge in [0.1, 0.15) is 0 Å². The van der Waals surface area contributed by atoms with Crippen LogP contribution in [0, 0.1) is 0 Å². The number of carboxylic acid groups (broad SMARTS) is 2. The summed E-state index contributed by atoms with van der Waals surface area (Å²) in [7, 11) is 4.15. The van der Waals surface area contributed by atoms with Crippen LogP contribution in [0.1, 0.15) is 32.6 Å². The maximum atomic E-state index is 12.5. The fraction of sp³-hybridized carbons (Fsp3) is 0.450. The molecule has 1 amide bonds. The van der Waals surface area contributed by atoms with Gasteiger partial charge in [-0.25, -0.2) is 9.59 Å². The van der Waals surface area contributed by atoms with Crippen LogP contribution < -0.4 is 4.90 Å². The first-order valence-electron chi connectivity index (χ1n) is 9.15. The summed E-state index contributed by atoms with van der Waals surface area (Å²) in [5.41, 5.74) is 0.843. The van der Waals surface area contributed by atoms with Gasteiger partial charge < -0.3 is 20.0 Å². The number of benzene rings is 1. The fourth-order valence-electron chi connectivity index (χ4n) is 3.29. The molecule has 1 aliphatic rings. The van der Waals surface area contributed by atoms with E-state index in [2.05, 4.69) is 19.0 Å². The number of hydrogen-bond donors (Lipinski definition) is 2. The monoisotopic (exact) mass is 444 g/mol. The Labute approximate surface area is 180 Å². The van der Waals surface area contributed by atoms with Gasteiger partial charge in [0.25, 0.3) is 0 Å². The van der Waals surface area contributed by atoms with Crippen LogP contribution in [-0.4, -0.2) is 59.1 Å². The third kappa shape index (κ3) is 7.68. The molecule has 0 bridgehead atoms. The maximum Gasteiger partial charge on any atom is 0.328 e. The van der Waals surface area contributed by atoms with Gasteiger partial charge in [0.05, 0.1) is 16.1 Å². The molecule has 9 heteroatoms. The fourth-order valence-corrected chi connectivity index (χ4v) is 3.58. The molecule has 1 aromatic rings. The lowest BCUT2D eigenvalue weighted by molar-refractivity contribution is -0.134. The van der Waals surface area contributed by atoms with E-state index in [9.17, 15) is 14.4 Å². The summed E-state index contributed by atoms with van der Waals surface area (Å²) in [6.07, 6.45) is 4.88. The number of amides is 1. The predicted octanol–water partition coefficient (Wildman–Crippen LogP) is 3.93. The summed E-state index contributed by atoms with van der Waals surface area (Å²) in [5.74, 6) is -2.38. The van der Waals surface area contributed by atoms with Gasteiger partial charge in [0.15, 0.2) is 0 Å². The second kappa shape index (κ2) is 11.8. The van der Waals surface area contributed by atoms with Crippen LogP contribution in [-0.2, 0) is 14.4 Å². The van der Waals surface area contributed by atoms with Crippen LogP contribution in [0.25, 0.3) is 0 Å². The topological polar surface area (TPSA) is 98.2 Å². The van der Waals surface area contributed by atoms with E-state index in [-0.39, 0.29) is 11.9 Å². The highest BCUT2D eigenvalue weighted by molar-refractivity contribution is 6.42. The van der Waals surface area contributed by atoms with E-state index in [0.29, 0.717) is 34.7 Å². The second-order valence-electron chi connectivity index (χ2n) is 6.75. The third-order valence-corrected chi connectivity index (χ3v) is 5.30. The van der Waals surface area contributed by atoms with Gasteiger partial charge in [-0.2, -0.15) is 0 Å². The van der Waals surface area contributed by atoms with Crippen LogP contribution in [0.3, 0.4) is 0 Å². The van der Waals surface area contributed by atoms with E-state index in [0.717, 1.165) is 24.9 Å². The molecule has 29 heavy (non-hydrogen) atoms. The largest absolute Gasteiger partial charge is 0.478 e. The van der Waals surface area contributed by atoms with Crippen molar-refractivity contribution in [3.05, 3.63) is 40.4 Å². The molecule has 2 atom stereocenters. The summed E-state index contributed by atoms with van der Waals surface area (Å²) in [5, 5.41) is 16.6. The van der Waals surface area contributed by atoms with Gasteiger partial charge in [-0.3, -0.25) is 4.79 Å². The van der Waals surface area contributed by atoms with Crippen molar-refractivity contribution in [3.63, 3.8) is 0 Å². The summed E-state index contributed by atoms with van der Waals surface area (Å²) < 4.78 is 0. The first-order chi connectivity index (χ1) is 13.6. The van der Waals surface area contributed by atoms with Gasteiger partial charge in [-0.1, -0.05) is 30.1 Å². The van der Waals surface area contributed by atoms with Gasteiger partial charge in [0.2, 0.25) is 5.91 Å². The molecule has 0 radical (unpaired) electrons.